The molecule has 1 aromatic carbocycles. The van der Waals surface area contributed by atoms with Gasteiger partial charge in [0.25, 0.3) is 0 Å². The number of rotatable bonds is 0. The Morgan fingerprint density at radius 1 is 1.38 bits per heavy atom. The van der Waals surface area contributed by atoms with Crippen LogP contribution in [0.5, 0.6) is 5.75 Å². The first-order valence-corrected chi connectivity index (χ1v) is 4.21. The van der Waals surface area contributed by atoms with Gasteiger partial charge >= 0.3 is 0 Å². The van der Waals surface area contributed by atoms with Crippen LogP contribution < -0.4 is 0 Å². The molecule has 0 saturated carbocycles. The summed E-state index contributed by atoms with van der Waals surface area (Å²) in [4.78, 5) is 4.23. The number of hydrogen-bond acceptors (Lipinski definition) is 2. The molecule has 0 unspecified atom stereocenters. The van der Waals surface area contributed by atoms with Gasteiger partial charge < -0.3 is 9.67 Å². The summed E-state index contributed by atoms with van der Waals surface area (Å²) in [6, 6.07) is 1.90. The van der Waals surface area contributed by atoms with E-state index in [0.29, 0.717) is 5.75 Å². The number of hydrogen-bond donors (Lipinski definition) is 1. The van der Waals surface area contributed by atoms with Crippen molar-refractivity contribution < 1.29 is 5.11 Å². The quantitative estimate of drug-likeness (QED) is 0.665. The lowest BCUT2D eigenvalue weighted by Gasteiger charge is -2.05. The van der Waals surface area contributed by atoms with Crippen molar-refractivity contribution in [1.29, 1.82) is 0 Å². The highest BCUT2D eigenvalue weighted by atomic mass is 16.3. The summed E-state index contributed by atoms with van der Waals surface area (Å²) >= 11 is 0. The molecule has 2 rings (SSSR count). The Morgan fingerprint density at radius 3 is 2.77 bits per heavy atom. The highest BCUT2D eigenvalue weighted by Gasteiger charge is 2.09. The summed E-state index contributed by atoms with van der Waals surface area (Å²) < 4.78 is 1.92. The normalized spacial score (nSPS) is 11.0. The lowest BCUT2D eigenvalue weighted by molar-refractivity contribution is 0.467. The number of aromatic nitrogens is 2. The second-order valence-electron chi connectivity index (χ2n) is 3.39. The van der Waals surface area contributed by atoms with E-state index >= 15 is 0 Å². The molecule has 0 amide bonds. The maximum atomic E-state index is 9.71. The maximum Gasteiger partial charge on any atom is 0.123 e. The summed E-state index contributed by atoms with van der Waals surface area (Å²) in [5, 5.41) is 9.71. The number of imidazole rings is 1. The van der Waals surface area contributed by atoms with Gasteiger partial charge in [0.15, 0.2) is 0 Å². The van der Waals surface area contributed by atoms with E-state index in [1.54, 1.807) is 6.33 Å². The molecular formula is C10H12N2O. The molecule has 3 heteroatoms. The second-order valence-corrected chi connectivity index (χ2v) is 3.39. The number of phenolic OH excluding ortho intramolecular Hbond substituents is 1. The summed E-state index contributed by atoms with van der Waals surface area (Å²) in [6.07, 6.45) is 1.76. The van der Waals surface area contributed by atoms with Crippen LogP contribution in [0.1, 0.15) is 11.1 Å². The van der Waals surface area contributed by atoms with Gasteiger partial charge in [0.05, 0.1) is 17.4 Å². The van der Waals surface area contributed by atoms with Gasteiger partial charge in [-0.25, -0.2) is 4.98 Å². The highest BCUT2D eigenvalue weighted by molar-refractivity contribution is 5.82. The molecule has 13 heavy (non-hydrogen) atoms. The van der Waals surface area contributed by atoms with Gasteiger partial charge in [0, 0.05) is 12.6 Å². The van der Waals surface area contributed by atoms with Crippen molar-refractivity contribution in [3.05, 3.63) is 23.5 Å². The van der Waals surface area contributed by atoms with Crippen LogP contribution in [0.4, 0.5) is 0 Å². The average molecular weight is 176 g/mol. The second kappa shape index (κ2) is 2.49. The number of benzene rings is 1. The first-order valence-electron chi connectivity index (χ1n) is 4.21. The van der Waals surface area contributed by atoms with Gasteiger partial charge in [-0.05, 0) is 25.5 Å². The Morgan fingerprint density at radius 2 is 2.08 bits per heavy atom. The van der Waals surface area contributed by atoms with Gasteiger partial charge in [-0.3, -0.25) is 0 Å². The molecule has 0 spiro atoms. The smallest absolute Gasteiger partial charge is 0.123 e. The van der Waals surface area contributed by atoms with Crippen LogP contribution in [0.2, 0.25) is 0 Å². The molecule has 1 N–H and O–H groups in total. The predicted molar refractivity (Wildman–Crippen MR) is 51.9 cm³/mol. The molecule has 0 saturated heterocycles. The van der Waals surface area contributed by atoms with E-state index in [4.69, 9.17) is 0 Å². The molecule has 0 bridgehead atoms. The van der Waals surface area contributed by atoms with Gasteiger partial charge in [0.1, 0.15) is 5.75 Å². The van der Waals surface area contributed by atoms with Crippen LogP contribution in [0.3, 0.4) is 0 Å². The van der Waals surface area contributed by atoms with Gasteiger partial charge in [-0.2, -0.15) is 0 Å². The molecule has 1 aromatic heterocycles. The van der Waals surface area contributed by atoms with Crippen molar-refractivity contribution in [3.63, 3.8) is 0 Å². The van der Waals surface area contributed by atoms with E-state index < -0.39 is 0 Å². The number of nitrogens with zero attached hydrogens (tertiary/aromatic N) is 2. The Labute approximate surface area is 76.6 Å². The molecule has 1 heterocycles. The van der Waals surface area contributed by atoms with Crippen LogP contribution >= 0.6 is 0 Å². The third-order valence-electron chi connectivity index (χ3n) is 2.40. The summed E-state index contributed by atoms with van der Waals surface area (Å²) in [5.74, 6) is 0.371. The Hall–Kier alpha value is -1.51. The molecule has 2 aromatic rings. The van der Waals surface area contributed by atoms with Crippen molar-refractivity contribution in [3.8, 4) is 5.75 Å². The van der Waals surface area contributed by atoms with Crippen molar-refractivity contribution >= 4 is 11.0 Å². The van der Waals surface area contributed by atoms with E-state index in [9.17, 15) is 5.11 Å². The number of fused-ring (bicyclic) bond motifs is 1. The summed E-state index contributed by atoms with van der Waals surface area (Å²) in [5.41, 5.74) is 3.72. The summed E-state index contributed by atoms with van der Waals surface area (Å²) in [6.45, 7) is 3.79. The molecule has 0 aliphatic rings. The van der Waals surface area contributed by atoms with Gasteiger partial charge in [0.2, 0.25) is 0 Å². The van der Waals surface area contributed by atoms with Crippen LogP contribution in [-0.4, -0.2) is 14.7 Å². The molecular weight excluding hydrogens is 164 g/mol. The lowest BCUT2D eigenvalue weighted by atomic mass is 10.1. The maximum absolute atomic E-state index is 9.71. The first-order chi connectivity index (χ1) is 6.11. The Bertz CT molecular complexity index is 471. The SMILES string of the molecule is Cc1cc2ncn(C)c2c(C)c1O. The predicted octanol–water partition coefficient (Wildman–Crippen LogP) is 1.90. The third-order valence-corrected chi connectivity index (χ3v) is 2.40. The molecule has 0 aliphatic carbocycles. The standard InChI is InChI=1S/C10H12N2O/c1-6-4-8-9(7(2)10(6)13)12(3)5-11-8/h4-5,13H,1-3H3. The number of phenols is 1. The van der Waals surface area contributed by atoms with E-state index in [2.05, 4.69) is 4.98 Å². The van der Waals surface area contributed by atoms with Crippen LogP contribution in [-0.2, 0) is 7.05 Å². The largest absolute Gasteiger partial charge is 0.507 e. The van der Waals surface area contributed by atoms with E-state index in [1.165, 1.54) is 0 Å². The fourth-order valence-corrected chi connectivity index (χ4v) is 1.69. The first kappa shape index (κ1) is 8.10. The van der Waals surface area contributed by atoms with Crippen molar-refractivity contribution in [2.24, 2.45) is 7.05 Å². The highest BCUT2D eigenvalue weighted by Crippen LogP contribution is 2.28. The molecule has 0 fully saturated rings. The molecule has 3 nitrogen and oxygen atoms in total. The number of aromatic hydroxyl groups is 1. The lowest BCUT2D eigenvalue weighted by Crippen LogP contribution is -1.89. The minimum absolute atomic E-state index is 0.371. The minimum Gasteiger partial charge on any atom is -0.507 e. The number of aryl methyl sites for hydroxylation is 3. The minimum atomic E-state index is 0.371. The monoisotopic (exact) mass is 176 g/mol. The van der Waals surface area contributed by atoms with Crippen LogP contribution in [0, 0.1) is 13.8 Å². The van der Waals surface area contributed by atoms with E-state index in [1.807, 2.05) is 31.5 Å². The Balaban J connectivity index is 2.97. The Kier molecular flexibility index (Phi) is 1.55. The van der Waals surface area contributed by atoms with Gasteiger partial charge in [-0.1, -0.05) is 0 Å². The fourth-order valence-electron chi connectivity index (χ4n) is 1.69. The van der Waals surface area contributed by atoms with Crippen LogP contribution in [0.15, 0.2) is 12.4 Å². The van der Waals surface area contributed by atoms with E-state index in [-0.39, 0.29) is 0 Å². The fraction of sp³-hybridized carbons (Fsp3) is 0.300. The van der Waals surface area contributed by atoms with Gasteiger partial charge in [-0.15, -0.1) is 0 Å². The zero-order valence-corrected chi connectivity index (χ0v) is 8.00. The van der Waals surface area contributed by atoms with Crippen molar-refractivity contribution in [2.75, 3.05) is 0 Å². The molecule has 0 radical (unpaired) electrons. The zero-order chi connectivity index (χ0) is 9.59. The molecule has 68 valence electrons. The molecule has 0 aliphatic heterocycles. The van der Waals surface area contributed by atoms with Crippen molar-refractivity contribution in [2.45, 2.75) is 13.8 Å². The third kappa shape index (κ3) is 1.00. The molecule has 0 atom stereocenters. The van der Waals surface area contributed by atoms with Crippen molar-refractivity contribution in [1.82, 2.24) is 9.55 Å². The summed E-state index contributed by atoms with van der Waals surface area (Å²) in [7, 11) is 1.93. The van der Waals surface area contributed by atoms with E-state index in [0.717, 1.165) is 22.2 Å². The average Bonchev–Trinajstić information content (AvgIpc) is 2.43. The topological polar surface area (TPSA) is 38.0 Å². The zero-order valence-electron chi connectivity index (χ0n) is 8.00. The van der Waals surface area contributed by atoms with Crippen LogP contribution in [0.25, 0.3) is 11.0 Å².